The number of nitrogens with zero attached hydrogens (tertiary/aromatic N) is 1. The summed E-state index contributed by atoms with van der Waals surface area (Å²) in [6.07, 6.45) is 4.74. The number of allylic oxidation sites excluding steroid dienone is 2. The average molecular weight is 263 g/mol. The number of rotatable bonds is 5. The van der Waals surface area contributed by atoms with Crippen LogP contribution in [0.2, 0.25) is 0 Å². The summed E-state index contributed by atoms with van der Waals surface area (Å²) in [4.78, 5) is 25.2. The monoisotopic (exact) mass is 263 g/mol. The lowest BCUT2D eigenvalue weighted by Crippen LogP contribution is -1.88. The molecule has 2 aromatic carbocycles. The van der Waals surface area contributed by atoms with Gasteiger partial charge >= 0.3 is 0 Å². The van der Waals surface area contributed by atoms with E-state index in [9.17, 15) is 9.59 Å². The molecule has 0 spiro atoms. The summed E-state index contributed by atoms with van der Waals surface area (Å²) in [6, 6.07) is 16.7. The Morgan fingerprint density at radius 3 is 2.45 bits per heavy atom. The Kier molecular flexibility index (Phi) is 4.76. The van der Waals surface area contributed by atoms with Gasteiger partial charge < -0.3 is 0 Å². The predicted octanol–water partition coefficient (Wildman–Crippen LogP) is 3.48. The van der Waals surface area contributed by atoms with Crippen LogP contribution in [0.3, 0.4) is 0 Å². The third-order valence-corrected chi connectivity index (χ3v) is 2.93. The molecule has 20 heavy (non-hydrogen) atoms. The maximum Gasteiger partial charge on any atom is 0.240 e. The lowest BCUT2D eigenvalue weighted by atomic mass is 10.0. The van der Waals surface area contributed by atoms with Crippen molar-refractivity contribution in [3.05, 3.63) is 71.8 Å². The molecule has 0 atom stereocenters. The van der Waals surface area contributed by atoms with Crippen LogP contribution in [0.15, 0.2) is 65.7 Å². The molecule has 0 heterocycles. The highest BCUT2D eigenvalue weighted by Crippen LogP contribution is 2.20. The van der Waals surface area contributed by atoms with Crippen LogP contribution in [0.1, 0.15) is 11.1 Å². The quantitative estimate of drug-likeness (QED) is 0.359. The number of carbonyl (C=O) groups is 1. The fraction of sp³-hybridized carbons (Fsp3) is 0.0588. The maximum atomic E-state index is 11.2. The summed E-state index contributed by atoms with van der Waals surface area (Å²) in [5.74, 6) is 0. The molecule has 0 amide bonds. The number of hydrogen-bond acceptors (Lipinski definition) is 3. The van der Waals surface area contributed by atoms with Gasteiger partial charge in [-0.1, -0.05) is 54.6 Å². The summed E-state index contributed by atoms with van der Waals surface area (Å²) in [5.41, 5.74) is 2.96. The van der Waals surface area contributed by atoms with Gasteiger partial charge in [0.15, 0.2) is 0 Å². The third kappa shape index (κ3) is 3.37. The van der Waals surface area contributed by atoms with Gasteiger partial charge in [0.2, 0.25) is 6.08 Å². The second-order valence-corrected chi connectivity index (χ2v) is 4.18. The lowest BCUT2D eigenvalue weighted by molar-refractivity contribution is -0.103. The van der Waals surface area contributed by atoms with Crippen molar-refractivity contribution in [2.45, 2.75) is 6.42 Å². The number of benzene rings is 2. The average Bonchev–Trinajstić information content (AvgIpc) is 2.51. The van der Waals surface area contributed by atoms with Crippen molar-refractivity contribution in [3.8, 4) is 0 Å². The van der Waals surface area contributed by atoms with Crippen LogP contribution in [-0.4, -0.2) is 12.4 Å². The highest BCUT2D eigenvalue weighted by atomic mass is 16.1. The Balaban J connectivity index is 2.28. The number of aliphatic imine (C=N–C) groups is 1. The van der Waals surface area contributed by atoms with Crippen molar-refractivity contribution >= 4 is 23.6 Å². The first-order chi connectivity index (χ1) is 9.85. The van der Waals surface area contributed by atoms with Crippen molar-refractivity contribution < 1.29 is 9.59 Å². The van der Waals surface area contributed by atoms with Gasteiger partial charge in [-0.25, -0.2) is 4.79 Å². The zero-order chi connectivity index (χ0) is 14.2. The molecule has 2 aromatic rings. The van der Waals surface area contributed by atoms with Crippen LogP contribution in [0.4, 0.5) is 5.69 Å². The number of aldehydes is 1. The SMILES string of the molecule is O=C=Nc1ccccc1C/C=C(/C=O)c1ccccc1. The molecule has 0 saturated heterocycles. The molecule has 0 aromatic heterocycles. The molecule has 0 unspecified atom stereocenters. The fourth-order valence-electron chi connectivity index (χ4n) is 1.93. The van der Waals surface area contributed by atoms with Crippen molar-refractivity contribution in [2.75, 3.05) is 0 Å². The Bertz CT molecular complexity index is 668. The van der Waals surface area contributed by atoms with E-state index in [4.69, 9.17) is 0 Å². The van der Waals surface area contributed by atoms with Gasteiger partial charge in [0.05, 0.1) is 5.69 Å². The van der Waals surface area contributed by atoms with Crippen LogP contribution in [-0.2, 0) is 16.0 Å². The van der Waals surface area contributed by atoms with E-state index in [-0.39, 0.29) is 0 Å². The number of para-hydroxylation sites is 1. The first-order valence-electron chi connectivity index (χ1n) is 6.21. The van der Waals surface area contributed by atoms with E-state index in [1.165, 1.54) is 0 Å². The van der Waals surface area contributed by atoms with E-state index >= 15 is 0 Å². The predicted molar refractivity (Wildman–Crippen MR) is 78.4 cm³/mol. The maximum absolute atomic E-state index is 11.2. The van der Waals surface area contributed by atoms with Crippen molar-refractivity contribution in [3.63, 3.8) is 0 Å². The molecular formula is C17H13NO2. The summed E-state index contributed by atoms with van der Waals surface area (Å²) in [6.45, 7) is 0. The highest BCUT2D eigenvalue weighted by Gasteiger charge is 2.02. The van der Waals surface area contributed by atoms with Gasteiger partial charge in [0, 0.05) is 5.57 Å². The van der Waals surface area contributed by atoms with Gasteiger partial charge in [-0.2, -0.15) is 4.99 Å². The molecule has 0 bridgehead atoms. The molecule has 0 N–H and O–H groups in total. The first-order valence-corrected chi connectivity index (χ1v) is 6.21. The summed E-state index contributed by atoms with van der Waals surface area (Å²) >= 11 is 0. The van der Waals surface area contributed by atoms with E-state index in [1.54, 1.807) is 18.2 Å². The van der Waals surface area contributed by atoms with E-state index in [0.717, 1.165) is 17.4 Å². The molecule has 0 aliphatic heterocycles. The molecule has 98 valence electrons. The van der Waals surface area contributed by atoms with Gasteiger partial charge in [-0.3, -0.25) is 4.79 Å². The largest absolute Gasteiger partial charge is 0.298 e. The molecule has 0 aliphatic carbocycles. The van der Waals surface area contributed by atoms with Crippen LogP contribution in [0.25, 0.3) is 5.57 Å². The standard InChI is InChI=1S/C17H13NO2/c19-12-16(14-6-2-1-3-7-14)11-10-15-8-4-5-9-17(15)18-13-20/h1-9,11-12H,10H2/b16-11-. The lowest BCUT2D eigenvalue weighted by Gasteiger charge is -2.03. The summed E-state index contributed by atoms with van der Waals surface area (Å²) in [5, 5.41) is 0. The molecular weight excluding hydrogens is 250 g/mol. The first kappa shape index (κ1) is 13.7. The van der Waals surface area contributed by atoms with Gasteiger partial charge in [0.1, 0.15) is 6.29 Å². The second-order valence-electron chi connectivity index (χ2n) is 4.18. The Morgan fingerprint density at radius 1 is 1.05 bits per heavy atom. The fourth-order valence-corrected chi connectivity index (χ4v) is 1.93. The van der Waals surface area contributed by atoms with Crippen molar-refractivity contribution in [1.29, 1.82) is 0 Å². The topological polar surface area (TPSA) is 46.5 Å². The molecule has 3 heteroatoms. The molecule has 0 saturated carbocycles. The molecule has 3 nitrogen and oxygen atoms in total. The Morgan fingerprint density at radius 2 is 1.75 bits per heavy atom. The molecule has 2 rings (SSSR count). The Labute approximate surface area is 117 Å². The summed E-state index contributed by atoms with van der Waals surface area (Å²) < 4.78 is 0. The second kappa shape index (κ2) is 6.98. The highest BCUT2D eigenvalue weighted by molar-refractivity contribution is 6.06. The van der Waals surface area contributed by atoms with Crippen LogP contribution < -0.4 is 0 Å². The van der Waals surface area contributed by atoms with E-state index in [1.807, 2.05) is 48.5 Å². The van der Waals surface area contributed by atoms with Crippen LogP contribution >= 0.6 is 0 Å². The number of isocyanates is 1. The van der Waals surface area contributed by atoms with Crippen LogP contribution in [0, 0.1) is 0 Å². The van der Waals surface area contributed by atoms with Gasteiger partial charge in [-0.05, 0) is 23.6 Å². The molecule has 0 aliphatic rings. The number of carbonyl (C=O) groups excluding carboxylic acids is 2. The van der Waals surface area contributed by atoms with Crippen molar-refractivity contribution in [2.24, 2.45) is 4.99 Å². The molecule has 0 radical (unpaired) electrons. The molecule has 0 fully saturated rings. The zero-order valence-electron chi connectivity index (χ0n) is 10.8. The Hall–Kier alpha value is -2.77. The van der Waals surface area contributed by atoms with Gasteiger partial charge in [0.25, 0.3) is 0 Å². The summed E-state index contributed by atoms with van der Waals surface area (Å²) in [7, 11) is 0. The van der Waals surface area contributed by atoms with E-state index < -0.39 is 0 Å². The normalized spacial score (nSPS) is 10.7. The van der Waals surface area contributed by atoms with Gasteiger partial charge in [-0.15, -0.1) is 0 Å². The minimum Gasteiger partial charge on any atom is -0.298 e. The van der Waals surface area contributed by atoms with Crippen LogP contribution in [0.5, 0.6) is 0 Å². The van der Waals surface area contributed by atoms with E-state index in [0.29, 0.717) is 17.7 Å². The third-order valence-electron chi connectivity index (χ3n) is 2.93. The number of hydrogen-bond donors (Lipinski definition) is 0. The minimum atomic E-state index is 0.532. The smallest absolute Gasteiger partial charge is 0.240 e. The minimum absolute atomic E-state index is 0.532. The van der Waals surface area contributed by atoms with E-state index in [2.05, 4.69) is 4.99 Å². The van der Waals surface area contributed by atoms with Crippen molar-refractivity contribution in [1.82, 2.24) is 0 Å². The zero-order valence-corrected chi connectivity index (χ0v) is 10.8.